The number of esters is 1. The molecule has 11 heteroatoms. The molecule has 1 aliphatic carbocycles. The molecule has 0 aromatic heterocycles. The molecule has 9 nitrogen and oxygen atoms in total. The van der Waals surface area contributed by atoms with Crippen molar-refractivity contribution < 1.29 is 32.6 Å². The number of aliphatic hydroxyl groups is 1. The van der Waals surface area contributed by atoms with E-state index in [1.54, 1.807) is 44.2 Å². The summed E-state index contributed by atoms with van der Waals surface area (Å²) in [5, 5.41) is 11.7. The lowest BCUT2D eigenvalue weighted by Crippen LogP contribution is -2.51. The number of aryl methyl sites for hydroxylation is 1. The van der Waals surface area contributed by atoms with Crippen molar-refractivity contribution in [3.05, 3.63) is 70.3 Å². The fourth-order valence-electron chi connectivity index (χ4n) is 6.69. The number of benzene rings is 2. The van der Waals surface area contributed by atoms with Gasteiger partial charge in [0.15, 0.2) is 0 Å². The molecule has 2 N–H and O–H groups in total. The molecule has 2 aromatic carbocycles. The number of hydrogen-bond donors (Lipinski definition) is 2. The van der Waals surface area contributed by atoms with E-state index in [0.717, 1.165) is 43.2 Å². The largest absolute Gasteiger partial charge is 0.487 e. The Kier molecular flexibility index (Phi) is 10.2. The van der Waals surface area contributed by atoms with Crippen LogP contribution in [-0.4, -0.2) is 56.5 Å². The highest BCUT2D eigenvalue weighted by atomic mass is 35.5. The maximum Gasteiger partial charge on any atom is 0.308 e. The van der Waals surface area contributed by atoms with Crippen LogP contribution in [0.2, 0.25) is 5.02 Å². The molecular weight excluding hydrogens is 616 g/mol. The van der Waals surface area contributed by atoms with Gasteiger partial charge in [-0.25, -0.2) is 13.1 Å². The van der Waals surface area contributed by atoms with Crippen LogP contribution < -0.4 is 14.4 Å². The van der Waals surface area contributed by atoms with E-state index in [-0.39, 0.29) is 29.7 Å². The number of sulfonamides is 1. The molecule has 3 aliphatic rings. The number of carbonyl (C=O) groups excluding carboxylic acids is 2. The highest BCUT2D eigenvalue weighted by Gasteiger charge is 2.47. The van der Waals surface area contributed by atoms with E-state index in [1.165, 1.54) is 7.11 Å². The molecule has 1 saturated carbocycles. The molecule has 2 aliphatic heterocycles. The van der Waals surface area contributed by atoms with Gasteiger partial charge >= 0.3 is 5.97 Å². The Labute approximate surface area is 271 Å². The minimum absolute atomic E-state index is 0.0559. The topological polar surface area (TPSA) is 122 Å². The summed E-state index contributed by atoms with van der Waals surface area (Å²) in [4.78, 5) is 28.0. The lowest BCUT2D eigenvalue weighted by atomic mass is 9.63. The summed E-state index contributed by atoms with van der Waals surface area (Å²) >= 11 is 6.31. The zero-order valence-corrected chi connectivity index (χ0v) is 27.7. The van der Waals surface area contributed by atoms with Crippen LogP contribution in [0.4, 0.5) is 5.69 Å². The van der Waals surface area contributed by atoms with Crippen molar-refractivity contribution in [2.24, 2.45) is 17.8 Å². The van der Waals surface area contributed by atoms with Crippen LogP contribution in [0.25, 0.3) is 0 Å². The molecule has 2 bridgehead atoms. The maximum atomic E-state index is 13.4. The summed E-state index contributed by atoms with van der Waals surface area (Å²) in [7, 11) is -2.71. The van der Waals surface area contributed by atoms with E-state index in [2.05, 4.69) is 9.62 Å². The van der Waals surface area contributed by atoms with E-state index >= 15 is 0 Å². The third-order valence-electron chi connectivity index (χ3n) is 9.85. The monoisotopic (exact) mass is 658 g/mol. The van der Waals surface area contributed by atoms with Crippen LogP contribution in [0.5, 0.6) is 5.75 Å². The number of nitrogens with zero attached hydrogens (tertiary/aromatic N) is 1. The lowest BCUT2D eigenvalue weighted by molar-refractivity contribution is -0.149. The van der Waals surface area contributed by atoms with Gasteiger partial charge in [0.25, 0.3) is 5.91 Å². The Bertz CT molecular complexity index is 1560. The predicted octanol–water partition coefficient (Wildman–Crippen LogP) is 5.43. The third kappa shape index (κ3) is 7.50. The molecule has 0 saturated heterocycles. The summed E-state index contributed by atoms with van der Waals surface area (Å²) in [5.41, 5.74) is 1.62. The highest BCUT2D eigenvalue weighted by molar-refractivity contribution is 7.90. The summed E-state index contributed by atoms with van der Waals surface area (Å²) in [5.74, 6) is -1.15. The van der Waals surface area contributed by atoms with Crippen molar-refractivity contribution in [2.45, 2.75) is 76.3 Å². The Morgan fingerprint density at radius 3 is 2.69 bits per heavy atom. The van der Waals surface area contributed by atoms with Gasteiger partial charge in [-0.05, 0) is 105 Å². The van der Waals surface area contributed by atoms with Crippen LogP contribution in [0.1, 0.15) is 73.9 Å². The Morgan fingerprint density at radius 1 is 1.16 bits per heavy atom. The number of amides is 1. The van der Waals surface area contributed by atoms with Gasteiger partial charge in [-0.15, -0.1) is 0 Å². The summed E-state index contributed by atoms with van der Waals surface area (Å²) in [6.45, 7) is 4.87. The average molecular weight is 659 g/mol. The second-order valence-electron chi connectivity index (χ2n) is 12.8. The van der Waals surface area contributed by atoms with Crippen molar-refractivity contribution in [1.82, 2.24) is 4.72 Å². The van der Waals surface area contributed by atoms with Gasteiger partial charge in [0.1, 0.15) is 12.4 Å². The molecule has 244 valence electrons. The van der Waals surface area contributed by atoms with Gasteiger partial charge in [0.2, 0.25) is 10.0 Å². The molecular formula is C34H43ClN2O7S. The number of allylic oxidation sites excluding steroid dienone is 1. The molecule has 2 heterocycles. The summed E-state index contributed by atoms with van der Waals surface area (Å²) in [6.07, 6.45) is 7.74. The van der Waals surface area contributed by atoms with Crippen LogP contribution in [0, 0.1) is 17.8 Å². The van der Waals surface area contributed by atoms with E-state index in [1.807, 2.05) is 18.2 Å². The van der Waals surface area contributed by atoms with Gasteiger partial charge < -0.3 is 19.5 Å². The van der Waals surface area contributed by atoms with Crippen molar-refractivity contribution in [3.63, 3.8) is 0 Å². The molecule has 2 aromatic rings. The minimum Gasteiger partial charge on any atom is -0.487 e. The third-order valence-corrected chi connectivity index (χ3v) is 12.0. The number of anilines is 1. The highest BCUT2D eigenvalue weighted by Crippen LogP contribution is 2.46. The van der Waals surface area contributed by atoms with E-state index in [9.17, 15) is 23.1 Å². The number of carbonyl (C=O) groups is 2. The normalized spacial score (nSPS) is 29.4. The van der Waals surface area contributed by atoms with Crippen LogP contribution >= 0.6 is 11.6 Å². The Balaban J connectivity index is 1.57. The van der Waals surface area contributed by atoms with E-state index in [4.69, 9.17) is 21.1 Å². The molecule has 5 atom stereocenters. The molecule has 0 unspecified atom stereocenters. The quantitative estimate of drug-likeness (QED) is 0.324. The summed E-state index contributed by atoms with van der Waals surface area (Å²) < 4.78 is 40.2. The van der Waals surface area contributed by atoms with Gasteiger partial charge in [-0.2, -0.15) is 0 Å². The molecule has 1 fully saturated rings. The number of rotatable bonds is 2. The maximum absolute atomic E-state index is 13.4. The number of halogens is 1. The second-order valence-corrected chi connectivity index (χ2v) is 15.2. The fourth-order valence-corrected chi connectivity index (χ4v) is 8.17. The fraction of sp³-hybridized carbons (Fsp3) is 0.529. The number of ether oxygens (including phenoxy) is 2. The van der Waals surface area contributed by atoms with Gasteiger partial charge in [0.05, 0.1) is 30.1 Å². The van der Waals surface area contributed by atoms with Gasteiger partial charge in [-0.3, -0.25) is 9.59 Å². The summed E-state index contributed by atoms with van der Waals surface area (Å²) in [6, 6.07) is 10.8. The first kappa shape index (κ1) is 33.3. The van der Waals surface area contributed by atoms with E-state index < -0.39 is 32.8 Å². The van der Waals surface area contributed by atoms with Crippen LogP contribution in [0.15, 0.2) is 48.6 Å². The zero-order chi connectivity index (χ0) is 32.4. The molecule has 45 heavy (non-hydrogen) atoms. The van der Waals surface area contributed by atoms with Crippen LogP contribution in [0.3, 0.4) is 0 Å². The van der Waals surface area contributed by atoms with Crippen molar-refractivity contribution >= 4 is 39.2 Å². The predicted molar refractivity (Wildman–Crippen MR) is 174 cm³/mol. The molecule has 5 rings (SSSR count). The van der Waals surface area contributed by atoms with Crippen molar-refractivity contribution in [2.75, 3.05) is 25.1 Å². The number of hydrogen-bond acceptors (Lipinski definition) is 8. The Hall–Kier alpha value is -3.08. The van der Waals surface area contributed by atoms with Gasteiger partial charge in [-0.1, -0.05) is 36.7 Å². The average Bonchev–Trinajstić information content (AvgIpc) is 3.01. The number of methoxy groups -OCH3 is 1. The number of fused-ring (bicyclic) bond motifs is 3. The van der Waals surface area contributed by atoms with E-state index in [0.29, 0.717) is 42.6 Å². The lowest BCUT2D eigenvalue weighted by Gasteiger charge is -2.48. The van der Waals surface area contributed by atoms with Crippen molar-refractivity contribution in [1.29, 1.82) is 0 Å². The zero-order valence-electron chi connectivity index (χ0n) is 26.1. The van der Waals surface area contributed by atoms with Crippen LogP contribution in [-0.2, 0) is 32.6 Å². The first-order chi connectivity index (χ1) is 21.4. The minimum atomic E-state index is -4.02. The first-order valence-corrected chi connectivity index (χ1v) is 17.6. The molecule has 0 spiro atoms. The van der Waals surface area contributed by atoms with Gasteiger partial charge in [0, 0.05) is 23.7 Å². The first-order valence-electron chi connectivity index (χ1n) is 15.7. The second kappa shape index (κ2) is 13.7. The Morgan fingerprint density at radius 2 is 1.96 bits per heavy atom. The van der Waals surface area contributed by atoms with Crippen molar-refractivity contribution in [3.8, 4) is 5.75 Å². The SMILES string of the molecule is COC(=O)C[C@@]1(O)/C=C/C[C@H](C)[C@@H](C)S(=O)(=O)NC(=O)c2ccc3c(c2)N(CCCCc2cc(Cl)ccc2CO3)C[C@@H]2CC[C@H]21. The smallest absolute Gasteiger partial charge is 0.308 e. The molecule has 1 amide bonds. The standard InChI is InChI=1S/C34H43ClN2O7S/c1-22-7-6-15-34(40,19-32(38)43-3)29-13-10-26(29)20-37-16-5-4-8-24-17-28(35)12-9-27(24)21-44-31-14-11-25(18-30(31)37)33(39)36-45(41,42)23(22)2/h6,9,11-12,14-15,17-18,22-23,26,29,40H,4-5,7-8,10,13,16,19-21H2,1-3H3,(H,36,39)/b15-6+/t22-,23+,26-,29+,34-/m0/s1. The number of nitrogens with one attached hydrogen (secondary N) is 1. The molecule has 0 radical (unpaired) electrons.